The Morgan fingerprint density at radius 1 is 0.643 bits per heavy atom. The van der Waals surface area contributed by atoms with Crippen LogP contribution in [0.4, 0.5) is 0 Å². The molecular weight excluding hydrogens is 428 g/mol. The van der Waals surface area contributed by atoms with Crippen molar-refractivity contribution in [3.8, 4) is 0 Å². The van der Waals surface area contributed by atoms with Crippen molar-refractivity contribution in [2.45, 2.75) is 0 Å². The summed E-state index contributed by atoms with van der Waals surface area (Å²) in [4.78, 5) is 33.4. The van der Waals surface area contributed by atoms with E-state index in [1.807, 2.05) is 0 Å². The van der Waals surface area contributed by atoms with Crippen molar-refractivity contribution in [1.29, 1.82) is 0 Å². The maximum Gasteiger partial charge on any atom is 0.432 e. The summed E-state index contributed by atoms with van der Waals surface area (Å²) in [7, 11) is -7.97. The van der Waals surface area contributed by atoms with Gasteiger partial charge in [-0.1, -0.05) is 0 Å². The predicted octanol–water partition coefficient (Wildman–Crippen LogP) is -1.90. The maximum absolute atomic E-state index is 11.3. The Morgan fingerprint density at radius 2 is 1.04 bits per heavy atom. The number of ether oxygens (including phenoxy) is 4. The van der Waals surface area contributed by atoms with Gasteiger partial charge < -0.3 is 27.3 Å². The first-order valence-electron chi connectivity index (χ1n) is 7.33. The van der Waals surface area contributed by atoms with E-state index in [0.29, 0.717) is 6.26 Å². The molecule has 0 radical (unpaired) electrons. The molecular formula is C13H20O13S2. The Hall–Kier alpha value is -2.23. The molecule has 0 unspecified atom stereocenters. The minimum Gasteiger partial charge on any atom is -0.457 e. The van der Waals surface area contributed by atoms with Crippen LogP contribution in [0.15, 0.2) is 12.3 Å². The van der Waals surface area contributed by atoms with Gasteiger partial charge >= 0.3 is 38.1 Å². The fourth-order valence-corrected chi connectivity index (χ4v) is 2.01. The number of hydrogen-bond acceptors (Lipinski definition) is 13. The third-order valence-corrected chi connectivity index (χ3v) is 3.13. The molecule has 0 aliphatic rings. The molecule has 0 bridgehead atoms. The lowest BCUT2D eigenvalue weighted by Crippen LogP contribution is -2.24. The molecule has 0 aliphatic heterocycles. The molecule has 0 saturated carbocycles. The summed E-state index contributed by atoms with van der Waals surface area (Å²) in [5.41, 5.74) is 0. The van der Waals surface area contributed by atoms with Crippen LogP contribution < -0.4 is 0 Å². The molecule has 0 fully saturated rings. The van der Waals surface area contributed by atoms with E-state index in [1.54, 1.807) is 0 Å². The fourth-order valence-electron chi connectivity index (χ4n) is 1.24. The SMILES string of the molecule is C=C(OS(C)(=O)=O)C(=O)OCCOCCOCCOC(=O)C(=O)OS(C)(=O)=O. The molecule has 0 amide bonds. The lowest BCUT2D eigenvalue weighted by atomic mass is 10.6. The van der Waals surface area contributed by atoms with Gasteiger partial charge in [-0.15, -0.1) is 0 Å². The number of esters is 2. The molecule has 0 spiro atoms. The summed E-state index contributed by atoms with van der Waals surface area (Å²) in [6.45, 7) is 2.63. The number of hydrogen-bond donors (Lipinski definition) is 0. The summed E-state index contributed by atoms with van der Waals surface area (Å²) < 4.78 is 70.0. The Kier molecular flexibility index (Phi) is 11.3. The van der Waals surface area contributed by atoms with Gasteiger partial charge in [0.1, 0.15) is 13.2 Å². The highest BCUT2D eigenvalue weighted by atomic mass is 32.2. The second-order valence-corrected chi connectivity index (χ2v) is 7.93. The average molecular weight is 448 g/mol. The number of carbonyl (C=O) groups is 3. The van der Waals surface area contributed by atoms with Crippen LogP contribution in [0.3, 0.4) is 0 Å². The summed E-state index contributed by atoms with van der Waals surface area (Å²) in [5, 5.41) is 0. The van der Waals surface area contributed by atoms with E-state index in [2.05, 4.69) is 24.4 Å². The summed E-state index contributed by atoms with van der Waals surface area (Å²) in [6.07, 6.45) is 1.35. The van der Waals surface area contributed by atoms with Gasteiger partial charge in [-0.2, -0.15) is 16.8 Å². The maximum atomic E-state index is 11.3. The minimum atomic E-state index is -4.11. The van der Waals surface area contributed by atoms with E-state index in [9.17, 15) is 31.2 Å². The second kappa shape index (κ2) is 12.3. The molecule has 13 nitrogen and oxygen atoms in total. The molecule has 0 N–H and O–H groups in total. The number of carbonyl (C=O) groups excluding carboxylic acids is 3. The Bertz CT molecular complexity index is 700. The number of rotatable bonds is 13. The quantitative estimate of drug-likeness (QED) is 0.0763. The van der Waals surface area contributed by atoms with Crippen LogP contribution in [0.2, 0.25) is 0 Å². The first-order chi connectivity index (χ1) is 12.8. The molecule has 0 aromatic heterocycles. The highest BCUT2D eigenvalue weighted by Gasteiger charge is 2.22. The van der Waals surface area contributed by atoms with Gasteiger partial charge in [0.2, 0.25) is 5.76 Å². The van der Waals surface area contributed by atoms with Crippen molar-refractivity contribution in [3.05, 3.63) is 12.3 Å². The van der Waals surface area contributed by atoms with Crippen LogP contribution in [0.5, 0.6) is 0 Å². The topological polar surface area (TPSA) is 175 Å². The van der Waals surface area contributed by atoms with Crippen LogP contribution in [-0.4, -0.2) is 86.9 Å². The Morgan fingerprint density at radius 3 is 1.46 bits per heavy atom. The molecule has 0 heterocycles. The average Bonchev–Trinajstić information content (AvgIpc) is 2.52. The first-order valence-corrected chi connectivity index (χ1v) is 11.0. The largest absolute Gasteiger partial charge is 0.457 e. The molecule has 0 aromatic carbocycles. The predicted molar refractivity (Wildman–Crippen MR) is 89.6 cm³/mol. The van der Waals surface area contributed by atoms with E-state index in [4.69, 9.17) is 9.47 Å². The van der Waals surface area contributed by atoms with Gasteiger partial charge in [-0.25, -0.2) is 14.4 Å². The van der Waals surface area contributed by atoms with Crippen molar-refractivity contribution >= 4 is 38.1 Å². The zero-order valence-corrected chi connectivity index (χ0v) is 16.7. The summed E-state index contributed by atoms with van der Waals surface area (Å²) in [6, 6.07) is 0. The van der Waals surface area contributed by atoms with E-state index in [-0.39, 0.29) is 39.6 Å². The lowest BCUT2D eigenvalue weighted by Gasteiger charge is -2.08. The Balaban J connectivity index is 3.65. The monoisotopic (exact) mass is 448 g/mol. The zero-order chi connectivity index (χ0) is 21.8. The fraction of sp³-hybridized carbons (Fsp3) is 0.615. The summed E-state index contributed by atoms with van der Waals surface area (Å²) in [5.74, 6) is -4.87. The molecule has 15 heteroatoms. The van der Waals surface area contributed by atoms with Crippen molar-refractivity contribution in [1.82, 2.24) is 0 Å². The van der Waals surface area contributed by atoms with Crippen molar-refractivity contribution in [2.75, 3.05) is 52.2 Å². The molecule has 0 atom stereocenters. The molecule has 0 aliphatic carbocycles. The highest BCUT2D eigenvalue weighted by molar-refractivity contribution is 7.86. The minimum absolute atomic E-state index is 0.0203. The van der Waals surface area contributed by atoms with Gasteiger partial charge in [-0.05, 0) is 6.58 Å². The highest BCUT2D eigenvalue weighted by Crippen LogP contribution is 2.01. The third kappa shape index (κ3) is 14.9. The van der Waals surface area contributed by atoms with E-state index in [1.165, 1.54) is 0 Å². The van der Waals surface area contributed by atoms with Gasteiger partial charge in [-0.3, -0.25) is 0 Å². The van der Waals surface area contributed by atoms with Crippen molar-refractivity contribution in [3.63, 3.8) is 0 Å². The third-order valence-electron chi connectivity index (χ3n) is 2.17. The molecule has 28 heavy (non-hydrogen) atoms. The van der Waals surface area contributed by atoms with Crippen LogP contribution in [-0.2, 0) is 61.9 Å². The Labute approximate surface area is 161 Å². The van der Waals surface area contributed by atoms with Crippen LogP contribution in [0, 0.1) is 0 Å². The molecule has 162 valence electrons. The first kappa shape index (κ1) is 25.8. The standard InChI is InChI=1S/C13H20O13S2/c1-10(25-27(2,17)18)11(14)23-8-6-21-4-5-22-7-9-24-12(15)13(16)26-28(3,19)20/h1,4-9H2,2-3H3. The van der Waals surface area contributed by atoms with Crippen LogP contribution >= 0.6 is 0 Å². The zero-order valence-electron chi connectivity index (χ0n) is 15.1. The molecule has 0 rings (SSSR count). The molecule has 0 aromatic rings. The van der Waals surface area contributed by atoms with Gasteiger partial charge in [0.15, 0.2) is 0 Å². The second-order valence-electron chi connectivity index (χ2n) is 4.78. The van der Waals surface area contributed by atoms with E-state index >= 15 is 0 Å². The molecule has 0 saturated heterocycles. The smallest absolute Gasteiger partial charge is 0.432 e. The van der Waals surface area contributed by atoms with E-state index in [0.717, 1.165) is 6.26 Å². The van der Waals surface area contributed by atoms with Crippen molar-refractivity contribution in [2.24, 2.45) is 0 Å². The van der Waals surface area contributed by atoms with Gasteiger partial charge in [0, 0.05) is 0 Å². The lowest BCUT2D eigenvalue weighted by molar-refractivity contribution is -0.163. The van der Waals surface area contributed by atoms with Crippen molar-refractivity contribution < 1.29 is 58.5 Å². The van der Waals surface area contributed by atoms with Crippen LogP contribution in [0.1, 0.15) is 0 Å². The summed E-state index contributed by atoms with van der Waals surface area (Å²) >= 11 is 0. The van der Waals surface area contributed by atoms with Gasteiger partial charge in [0.25, 0.3) is 0 Å². The van der Waals surface area contributed by atoms with Gasteiger partial charge in [0.05, 0.1) is 38.9 Å². The van der Waals surface area contributed by atoms with E-state index < -0.39 is 43.9 Å². The normalized spacial score (nSPS) is 11.4. The van der Waals surface area contributed by atoms with Crippen LogP contribution in [0.25, 0.3) is 0 Å².